The molecule has 0 aromatic rings. The topological polar surface area (TPSA) is 43.4 Å². The summed E-state index contributed by atoms with van der Waals surface area (Å²) >= 11 is 0. The summed E-state index contributed by atoms with van der Waals surface area (Å²) in [6.45, 7) is 4.54. The minimum Gasteiger partial charge on any atom is -0.458 e. The number of hydrogen-bond donors (Lipinski definition) is 0. The normalized spacial score (nSPS) is 43.3. The molecule has 3 heteroatoms. The fourth-order valence-corrected chi connectivity index (χ4v) is 7.03. The number of hydrogen-bond acceptors (Lipinski definition) is 3. The summed E-state index contributed by atoms with van der Waals surface area (Å²) in [6, 6.07) is 0. The number of carbonyl (C=O) groups is 2. The van der Waals surface area contributed by atoms with E-state index in [1.54, 1.807) is 5.57 Å². The molecular formula is C23H28O3. The third-order valence-electron chi connectivity index (χ3n) is 8.26. The Kier molecular flexibility index (Phi) is 3.45. The van der Waals surface area contributed by atoms with Gasteiger partial charge in [0.05, 0.1) is 0 Å². The fraction of sp³-hybridized carbons (Fsp3) is 0.652. The van der Waals surface area contributed by atoms with Crippen LogP contribution in [0, 0.1) is 17.3 Å². The predicted octanol–water partition coefficient (Wildman–Crippen LogP) is 4.82. The summed E-state index contributed by atoms with van der Waals surface area (Å²) < 4.78 is 6.04. The number of fused-ring (bicyclic) bond motifs is 5. The Morgan fingerprint density at radius 1 is 1.12 bits per heavy atom. The molecule has 3 nitrogen and oxygen atoms in total. The first-order valence-electron chi connectivity index (χ1n) is 10.3. The monoisotopic (exact) mass is 352 g/mol. The van der Waals surface area contributed by atoms with Crippen molar-refractivity contribution in [1.82, 2.24) is 0 Å². The van der Waals surface area contributed by atoms with Crippen molar-refractivity contribution in [3.8, 4) is 0 Å². The van der Waals surface area contributed by atoms with E-state index in [-0.39, 0.29) is 17.0 Å². The molecule has 2 saturated carbocycles. The van der Waals surface area contributed by atoms with E-state index in [1.165, 1.54) is 23.1 Å². The molecule has 138 valence electrons. The van der Waals surface area contributed by atoms with Crippen LogP contribution in [-0.2, 0) is 14.3 Å². The van der Waals surface area contributed by atoms with Crippen LogP contribution in [-0.4, -0.2) is 17.4 Å². The Hall–Kier alpha value is -1.64. The van der Waals surface area contributed by atoms with Crippen LogP contribution in [0.5, 0.6) is 0 Å². The third-order valence-corrected chi connectivity index (χ3v) is 8.26. The van der Waals surface area contributed by atoms with Gasteiger partial charge in [0.15, 0.2) is 5.78 Å². The molecular weight excluding hydrogens is 324 g/mol. The zero-order chi connectivity index (χ0) is 18.1. The molecule has 5 rings (SSSR count). The molecule has 5 aliphatic rings. The first-order valence-corrected chi connectivity index (χ1v) is 10.3. The molecule has 3 fully saturated rings. The first kappa shape index (κ1) is 16.5. The van der Waals surface area contributed by atoms with Crippen LogP contribution in [0.2, 0.25) is 0 Å². The molecule has 4 aliphatic carbocycles. The zero-order valence-corrected chi connectivity index (χ0v) is 15.9. The Morgan fingerprint density at radius 2 is 1.96 bits per heavy atom. The van der Waals surface area contributed by atoms with E-state index in [4.69, 9.17) is 4.74 Å². The van der Waals surface area contributed by atoms with Gasteiger partial charge in [0.25, 0.3) is 0 Å². The van der Waals surface area contributed by atoms with Gasteiger partial charge in [-0.1, -0.05) is 13.0 Å². The Labute approximate surface area is 155 Å². The molecule has 0 N–H and O–H groups in total. The molecule has 0 aromatic carbocycles. The molecule has 1 aliphatic heterocycles. The third kappa shape index (κ3) is 2.00. The predicted molar refractivity (Wildman–Crippen MR) is 99.3 cm³/mol. The van der Waals surface area contributed by atoms with Gasteiger partial charge in [-0.15, -0.1) is 0 Å². The van der Waals surface area contributed by atoms with Crippen molar-refractivity contribution in [3.05, 3.63) is 34.4 Å². The van der Waals surface area contributed by atoms with Crippen molar-refractivity contribution in [1.29, 1.82) is 0 Å². The van der Waals surface area contributed by atoms with Gasteiger partial charge < -0.3 is 4.74 Å². The van der Waals surface area contributed by atoms with Crippen molar-refractivity contribution in [2.24, 2.45) is 17.3 Å². The lowest BCUT2D eigenvalue weighted by atomic mass is 9.53. The van der Waals surface area contributed by atoms with Crippen molar-refractivity contribution < 1.29 is 14.3 Å². The molecule has 0 aromatic heterocycles. The zero-order valence-electron chi connectivity index (χ0n) is 15.9. The van der Waals surface area contributed by atoms with E-state index in [0.29, 0.717) is 30.5 Å². The lowest BCUT2D eigenvalue weighted by Crippen LogP contribution is -2.50. The van der Waals surface area contributed by atoms with Gasteiger partial charge in [-0.3, -0.25) is 9.59 Å². The molecule has 0 unspecified atom stereocenters. The SMILES string of the molecule is C/C=C1\C[C@@]2(C)[C@@H](CC[C@@]23CCC(=O)O3)[C@@H]2CCC3=CC(=O)CCC3=C12. The van der Waals surface area contributed by atoms with Crippen LogP contribution in [0.4, 0.5) is 0 Å². The summed E-state index contributed by atoms with van der Waals surface area (Å²) in [5.41, 5.74) is 5.60. The molecule has 1 spiro atoms. The van der Waals surface area contributed by atoms with Gasteiger partial charge in [0, 0.05) is 18.3 Å². The van der Waals surface area contributed by atoms with Crippen molar-refractivity contribution in [2.75, 3.05) is 0 Å². The summed E-state index contributed by atoms with van der Waals surface area (Å²) in [6.07, 6.45) is 12.6. The molecule has 0 bridgehead atoms. The maximum Gasteiger partial charge on any atom is 0.306 e. The highest BCUT2D eigenvalue weighted by Crippen LogP contribution is 2.67. The number of rotatable bonds is 0. The Bertz CT molecular complexity index is 798. The molecule has 1 heterocycles. The highest BCUT2D eigenvalue weighted by Gasteiger charge is 2.65. The van der Waals surface area contributed by atoms with E-state index in [1.807, 2.05) is 6.08 Å². The highest BCUT2D eigenvalue weighted by atomic mass is 16.6. The minimum atomic E-state index is -0.238. The maximum absolute atomic E-state index is 12.0. The van der Waals surface area contributed by atoms with E-state index in [2.05, 4.69) is 19.9 Å². The molecule has 0 radical (unpaired) electrons. The van der Waals surface area contributed by atoms with Gasteiger partial charge in [0.2, 0.25) is 0 Å². The maximum atomic E-state index is 12.0. The van der Waals surface area contributed by atoms with Crippen LogP contribution in [0.15, 0.2) is 34.4 Å². The number of carbonyl (C=O) groups excluding carboxylic acids is 2. The van der Waals surface area contributed by atoms with Crippen molar-refractivity contribution in [3.63, 3.8) is 0 Å². The summed E-state index contributed by atoms with van der Waals surface area (Å²) in [7, 11) is 0. The van der Waals surface area contributed by atoms with E-state index >= 15 is 0 Å². The minimum absolute atomic E-state index is 0.00212. The lowest BCUT2D eigenvalue weighted by Gasteiger charge is -2.52. The number of esters is 1. The van der Waals surface area contributed by atoms with E-state index in [0.717, 1.165) is 38.5 Å². The Morgan fingerprint density at radius 3 is 2.69 bits per heavy atom. The number of ether oxygens (including phenoxy) is 1. The lowest BCUT2D eigenvalue weighted by molar-refractivity contribution is -0.160. The van der Waals surface area contributed by atoms with Gasteiger partial charge in [-0.2, -0.15) is 0 Å². The smallest absolute Gasteiger partial charge is 0.306 e. The molecule has 0 amide bonds. The largest absolute Gasteiger partial charge is 0.458 e. The van der Waals surface area contributed by atoms with Crippen LogP contribution in [0.25, 0.3) is 0 Å². The average molecular weight is 352 g/mol. The average Bonchev–Trinajstić information content (AvgIpc) is 3.14. The van der Waals surface area contributed by atoms with E-state index in [9.17, 15) is 9.59 Å². The fourth-order valence-electron chi connectivity index (χ4n) is 7.03. The standard InChI is InChI=1S/C23H28O3/c1-3-14-13-22(2)19(8-10-23(22)11-9-20(25)26-23)18-6-4-15-12-16(24)5-7-17(15)21(14)18/h3,12,18-19H,4-11,13H2,1-2H3/b14-3+/t18-,19-,22-,23+/m0/s1. The molecule has 26 heavy (non-hydrogen) atoms. The summed E-state index contributed by atoms with van der Waals surface area (Å²) in [5, 5.41) is 0. The van der Waals surface area contributed by atoms with Crippen LogP contribution < -0.4 is 0 Å². The van der Waals surface area contributed by atoms with E-state index < -0.39 is 0 Å². The Balaban J connectivity index is 1.62. The van der Waals surface area contributed by atoms with Crippen LogP contribution in [0.3, 0.4) is 0 Å². The molecule has 1 saturated heterocycles. The summed E-state index contributed by atoms with van der Waals surface area (Å²) in [4.78, 5) is 23.9. The highest BCUT2D eigenvalue weighted by molar-refractivity contribution is 5.93. The first-order chi connectivity index (χ1) is 12.5. The van der Waals surface area contributed by atoms with Gasteiger partial charge in [0.1, 0.15) is 5.60 Å². The number of allylic oxidation sites excluding steroid dienone is 6. The second-order valence-electron chi connectivity index (χ2n) is 9.19. The van der Waals surface area contributed by atoms with Crippen LogP contribution >= 0.6 is 0 Å². The van der Waals surface area contributed by atoms with Crippen LogP contribution in [0.1, 0.15) is 71.6 Å². The second kappa shape index (κ2) is 5.43. The van der Waals surface area contributed by atoms with Gasteiger partial charge in [-0.05, 0) is 92.1 Å². The second-order valence-corrected chi connectivity index (χ2v) is 9.19. The van der Waals surface area contributed by atoms with Crippen molar-refractivity contribution >= 4 is 11.8 Å². The number of ketones is 1. The van der Waals surface area contributed by atoms with Crippen molar-refractivity contribution in [2.45, 2.75) is 77.2 Å². The summed E-state index contributed by atoms with van der Waals surface area (Å²) in [5.74, 6) is 1.46. The van der Waals surface area contributed by atoms with Gasteiger partial charge in [-0.25, -0.2) is 0 Å². The quantitative estimate of drug-likeness (QED) is 0.587. The molecule has 4 atom stereocenters. The van der Waals surface area contributed by atoms with Gasteiger partial charge >= 0.3 is 5.97 Å².